The van der Waals surface area contributed by atoms with Crippen LogP contribution in [0.25, 0.3) is 0 Å². The van der Waals surface area contributed by atoms with Gasteiger partial charge in [-0.2, -0.15) is 0 Å². The minimum Gasteiger partial charge on any atom is -0.382 e. The molecular formula is C14H31NO. The largest absolute Gasteiger partial charge is 0.382 e. The van der Waals surface area contributed by atoms with Crippen LogP contribution in [0.1, 0.15) is 59.8 Å². The zero-order valence-electron chi connectivity index (χ0n) is 11.7. The lowest BCUT2D eigenvalue weighted by Crippen LogP contribution is -2.33. The summed E-state index contributed by atoms with van der Waals surface area (Å²) in [4.78, 5) is 0. The highest BCUT2D eigenvalue weighted by Gasteiger charge is 2.13. The Bertz CT molecular complexity index is 135. The highest BCUT2D eigenvalue weighted by Crippen LogP contribution is 2.16. The molecular weight excluding hydrogens is 198 g/mol. The topological polar surface area (TPSA) is 21.3 Å². The van der Waals surface area contributed by atoms with Crippen molar-refractivity contribution in [1.82, 2.24) is 5.32 Å². The highest BCUT2D eigenvalue weighted by molar-refractivity contribution is 4.70. The molecule has 2 nitrogen and oxygen atoms in total. The van der Waals surface area contributed by atoms with E-state index in [4.69, 9.17) is 4.74 Å². The predicted octanol–water partition coefficient (Wildman–Crippen LogP) is 3.61. The van der Waals surface area contributed by atoms with Crippen LogP contribution in [0.2, 0.25) is 0 Å². The summed E-state index contributed by atoms with van der Waals surface area (Å²) >= 11 is 0. The SMILES string of the molecule is CCCNC(CCOCC)CC(CC)CC. The summed E-state index contributed by atoms with van der Waals surface area (Å²) in [6.45, 7) is 11.8. The summed E-state index contributed by atoms with van der Waals surface area (Å²) in [7, 11) is 0. The average Bonchev–Trinajstić information content (AvgIpc) is 2.32. The van der Waals surface area contributed by atoms with Crippen molar-refractivity contribution in [3.05, 3.63) is 0 Å². The van der Waals surface area contributed by atoms with Crippen LogP contribution in [0, 0.1) is 5.92 Å². The Balaban J connectivity index is 3.87. The Morgan fingerprint density at radius 2 is 1.75 bits per heavy atom. The molecule has 0 aliphatic carbocycles. The maximum absolute atomic E-state index is 5.45. The van der Waals surface area contributed by atoms with E-state index in [2.05, 4.69) is 33.0 Å². The molecule has 16 heavy (non-hydrogen) atoms. The Hall–Kier alpha value is -0.0800. The van der Waals surface area contributed by atoms with Gasteiger partial charge < -0.3 is 10.1 Å². The second kappa shape index (κ2) is 11.4. The Morgan fingerprint density at radius 3 is 2.25 bits per heavy atom. The van der Waals surface area contributed by atoms with Crippen molar-refractivity contribution >= 4 is 0 Å². The van der Waals surface area contributed by atoms with E-state index in [9.17, 15) is 0 Å². The maximum atomic E-state index is 5.45. The van der Waals surface area contributed by atoms with E-state index in [0.29, 0.717) is 6.04 Å². The number of nitrogens with one attached hydrogen (secondary N) is 1. The molecule has 0 heterocycles. The molecule has 0 spiro atoms. The molecule has 0 radical (unpaired) electrons. The molecule has 0 fully saturated rings. The lowest BCUT2D eigenvalue weighted by molar-refractivity contribution is 0.132. The van der Waals surface area contributed by atoms with E-state index in [1.807, 2.05) is 0 Å². The third-order valence-corrected chi connectivity index (χ3v) is 3.27. The van der Waals surface area contributed by atoms with Crippen LogP contribution < -0.4 is 5.32 Å². The molecule has 0 saturated carbocycles. The zero-order valence-corrected chi connectivity index (χ0v) is 11.7. The minimum atomic E-state index is 0.649. The second-order valence-electron chi connectivity index (χ2n) is 4.55. The van der Waals surface area contributed by atoms with Gasteiger partial charge in [0.25, 0.3) is 0 Å². The molecule has 0 aromatic carbocycles. The van der Waals surface area contributed by atoms with Crippen molar-refractivity contribution in [2.45, 2.75) is 65.8 Å². The fourth-order valence-electron chi connectivity index (χ4n) is 2.05. The monoisotopic (exact) mass is 229 g/mol. The van der Waals surface area contributed by atoms with E-state index < -0.39 is 0 Å². The minimum absolute atomic E-state index is 0.649. The van der Waals surface area contributed by atoms with Gasteiger partial charge in [-0.1, -0.05) is 33.6 Å². The lowest BCUT2D eigenvalue weighted by Gasteiger charge is -2.23. The van der Waals surface area contributed by atoms with E-state index in [1.54, 1.807) is 0 Å². The predicted molar refractivity (Wildman–Crippen MR) is 71.9 cm³/mol. The quantitative estimate of drug-likeness (QED) is 0.547. The summed E-state index contributed by atoms with van der Waals surface area (Å²) in [5, 5.41) is 3.65. The van der Waals surface area contributed by atoms with Crippen LogP contribution in [0.4, 0.5) is 0 Å². The van der Waals surface area contributed by atoms with Gasteiger partial charge in [0, 0.05) is 19.3 Å². The number of hydrogen-bond acceptors (Lipinski definition) is 2. The van der Waals surface area contributed by atoms with E-state index in [1.165, 1.54) is 25.7 Å². The van der Waals surface area contributed by atoms with Crippen LogP contribution in [0.3, 0.4) is 0 Å². The van der Waals surface area contributed by atoms with Crippen molar-refractivity contribution < 1.29 is 4.74 Å². The van der Waals surface area contributed by atoms with Crippen molar-refractivity contribution in [3.63, 3.8) is 0 Å². The van der Waals surface area contributed by atoms with Gasteiger partial charge >= 0.3 is 0 Å². The van der Waals surface area contributed by atoms with Crippen LogP contribution in [0.15, 0.2) is 0 Å². The molecule has 0 saturated heterocycles. The van der Waals surface area contributed by atoms with Crippen molar-refractivity contribution in [3.8, 4) is 0 Å². The molecule has 0 bridgehead atoms. The lowest BCUT2D eigenvalue weighted by atomic mass is 9.93. The molecule has 1 atom stereocenters. The van der Waals surface area contributed by atoms with Gasteiger partial charge in [0.05, 0.1) is 0 Å². The summed E-state index contributed by atoms with van der Waals surface area (Å²) in [6, 6.07) is 0.649. The molecule has 0 aliphatic rings. The molecule has 1 unspecified atom stereocenters. The third-order valence-electron chi connectivity index (χ3n) is 3.27. The first kappa shape index (κ1) is 15.9. The van der Waals surface area contributed by atoms with E-state index in [0.717, 1.165) is 32.1 Å². The first-order chi connectivity index (χ1) is 7.78. The first-order valence-electron chi connectivity index (χ1n) is 7.09. The number of ether oxygens (including phenoxy) is 1. The van der Waals surface area contributed by atoms with Crippen molar-refractivity contribution in [2.75, 3.05) is 19.8 Å². The second-order valence-corrected chi connectivity index (χ2v) is 4.55. The molecule has 0 rings (SSSR count). The Labute approximate surface area is 102 Å². The van der Waals surface area contributed by atoms with Gasteiger partial charge in [-0.25, -0.2) is 0 Å². The molecule has 0 aliphatic heterocycles. The molecule has 98 valence electrons. The molecule has 0 aromatic rings. The summed E-state index contributed by atoms with van der Waals surface area (Å²) in [6.07, 6.45) is 6.28. The van der Waals surface area contributed by atoms with Crippen LogP contribution in [0.5, 0.6) is 0 Å². The molecule has 1 N–H and O–H groups in total. The maximum Gasteiger partial charge on any atom is 0.0480 e. The van der Waals surface area contributed by atoms with Gasteiger partial charge in [0.1, 0.15) is 0 Å². The zero-order chi connectivity index (χ0) is 12.2. The Morgan fingerprint density at radius 1 is 1.06 bits per heavy atom. The normalized spacial score (nSPS) is 13.3. The molecule has 0 aromatic heterocycles. The smallest absolute Gasteiger partial charge is 0.0480 e. The fourth-order valence-corrected chi connectivity index (χ4v) is 2.05. The Kier molecular flexibility index (Phi) is 11.3. The summed E-state index contributed by atoms with van der Waals surface area (Å²) < 4.78 is 5.45. The van der Waals surface area contributed by atoms with Crippen molar-refractivity contribution in [1.29, 1.82) is 0 Å². The third kappa shape index (κ3) is 8.12. The summed E-state index contributed by atoms with van der Waals surface area (Å²) in [5.74, 6) is 0.871. The fraction of sp³-hybridized carbons (Fsp3) is 1.00. The molecule has 0 amide bonds. The number of rotatable bonds is 11. The van der Waals surface area contributed by atoms with Crippen LogP contribution >= 0.6 is 0 Å². The highest BCUT2D eigenvalue weighted by atomic mass is 16.5. The van der Waals surface area contributed by atoms with E-state index in [-0.39, 0.29) is 0 Å². The van der Waals surface area contributed by atoms with Crippen LogP contribution in [-0.2, 0) is 4.74 Å². The van der Waals surface area contributed by atoms with Gasteiger partial charge in [0.15, 0.2) is 0 Å². The molecule has 2 heteroatoms. The van der Waals surface area contributed by atoms with Gasteiger partial charge in [-0.05, 0) is 38.6 Å². The van der Waals surface area contributed by atoms with Crippen molar-refractivity contribution in [2.24, 2.45) is 5.92 Å². The standard InChI is InChI=1S/C14H31NO/c1-5-10-15-14(9-11-16-8-4)12-13(6-2)7-3/h13-15H,5-12H2,1-4H3. The average molecular weight is 229 g/mol. The van der Waals surface area contributed by atoms with E-state index >= 15 is 0 Å². The first-order valence-corrected chi connectivity index (χ1v) is 7.09. The van der Waals surface area contributed by atoms with Crippen LogP contribution in [-0.4, -0.2) is 25.8 Å². The van der Waals surface area contributed by atoms with Gasteiger partial charge in [-0.15, -0.1) is 0 Å². The number of hydrogen-bond donors (Lipinski definition) is 1. The van der Waals surface area contributed by atoms with Gasteiger partial charge in [0.2, 0.25) is 0 Å². The summed E-state index contributed by atoms with van der Waals surface area (Å²) in [5.41, 5.74) is 0. The van der Waals surface area contributed by atoms with Gasteiger partial charge in [-0.3, -0.25) is 0 Å².